The molecule has 136 valence electrons. The molecule has 0 fully saturated rings. The van der Waals surface area contributed by atoms with Crippen LogP contribution < -0.4 is 62.2 Å². The number of carbonyl (C=O) groups is 2. The largest absolute Gasteiger partial charge is 1.00 e. The van der Waals surface area contributed by atoms with Gasteiger partial charge >= 0.3 is 57.4 Å². The summed E-state index contributed by atoms with van der Waals surface area (Å²) in [6, 6.07) is -1.11. The Morgan fingerprint density at radius 1 is 0.875 bits per heavy atom. The van der Waals surface area contributed by atoms with Gasteiger partial charge in [-0.25, -0.2) is 0 Å². The maximum atomic E-state index is 11.3. The van der Waals surface area contributed by atoms with Gasteiger partial charge in [0.25, 0.3) is 0 Å². The Balaban J connectivity index is 0. The van der Waals surface area contributed by atoms with Gasteiger partial charge in [-0.05, 0) is 6.42 Å². The van der Waals surface area contributed by atoms with E-state index in [4.69, 9.17) is 10.5 Å². The number of rotatable bonds is 16. The quantitative estimate of drug-likeness (QED) is 0.230. The second-order valence-electron chi connectivity index (χ2n) is 6.24. The minimum Gasteiger partial charge on any atom is -0.550 e. The predicted octanol–water partition coefficient (Wildman–Crippen LogP) is -0.298. The summed E-state index contributed by atoms with van der Waals surface area (Å²) in [7, 11) is 0. The zero-order chi connectivity index (χ0) is 17.3. The third-order valence-electron chi connectivity index (χ3n) is 3.93. The monoisotopic (exact) mass is 367 g/mol. The molecule has 0 saturated carbocycles. The van der Waals surface area contributed by atoms with Crippen LogP contribution in [-0.2, 0) is 14.3 Å². The standard InChI is InChI=1S/C18H35NO4.K/c1-2-3-4-5-6-7-8-9-10-11-12-13-14-23-18(22)16(19)15-17(20)21;/h16H,2-15,19H2,1H3,(H,20,21);/q;+1/p-1/t16-;/m0./s1. The van der Waals surface area contributed by atoms with Crippen LogP contribution in [0.2, 0.25) is 0 Å². The van der Waals surface area contributed by atoms with Crippen LogP contribution in [0, 0.1) is 0 Å². The summed E-state index contributed by atoms with van der Waals surface area (Å²) in [4.78, 5) is 21.6. The fourth-order valence-electron chi connectivity index (χ4n) is 2.49. The molecule has 0 saturated heterocycles. The Hall–Kier alpha value is 0.536. The number of carboxylic acids is 1. The summed E-state index contributed by atoms with van der Waals surface area (Å²) >= 11 is 0. The van der Waals surface area contributed by atoms with Crippen molar-refractivity contribution in [3.63, 3.8) is 0 Å². The van der Waals surface area contributed by atoms with Crippen LogP contribution in [0.4, 0.5) is 0 Å². The fourth-order valence-corrected chi connectivity index (χ4v) is 2.49. The van der Waals surface area contributed by atoms with Crippen molar-refractivity contribution in [2.45, 2.75) is 96.4 Å². The molecule has 0 spiro atoms. The van der Waals surface area contributed by atoms with Gasteiger partial charge in [0.2, 0.25) is 0 Å². The Bertz CT molecular complexity index is 313. The summed E-state index contributed by atoms with van der Waals surface area (Å²) in [6.45, 7) is 2.56. The average molecular weight is 368 g/mol. The van der Waals surface area contributed by atoms with E-state index in [0.29, 0.717) is 6.61 Å². The van der Waals surface area contributed by atoms with Gasteiger partial charge < -0.3 is 20.4 Å². The first-order valence-corrected chi connectivity index (χ1v) is 9.20. The third-order valence-corrected chi connectivity index (χ3v) is 3.93. The predicted molar refractivity (Wildman–Crippen MR) is 89.6 cm³/mol. The van der Waals surface area contributed by atoms with Gasteiger partial charge in [-0.3, -0.25) is 4.79 Å². The van der Waals surface area contributed by atoms with E-state index in [1.807, 2.05) is 0 Å². The Morgan fingerprint density at radius 3 is 1.71 bits per heavy atom. The number of unbranched alkanes of at least 4 members (excludes halogenated alkanes) is 11. The number of esters is 1. The smallest absolute Gasteiger partial charge is 0.550 e. The number of nitrogens with two attached hydrogens (primary N) is 1. The molecular weight excluding hydrogens is 333 g/mol. The maximum absolute atomic E-state index is 11.3. The van der Waals surface area contributed by atoms with Gasteiger partial charge in [0.15, 0.2) is 0 Å². The van der Waals surface area contributed by atoms with Gasteiger partial charge in [0, 0.05) is 12.4 Å². The van der Waals surface area contributed by atoms with Crippen LogP contribution in [0.25, 0.3) is 0 Å². The maximum Gasteiger partial charge on any atom is 1.00 e. The van der Waals surface area contributed by atoms with Crippen LogP contribution >= 0.6 is 0 Å². The van der Waals surface area contributed by atoms with Gasteiger partial charge in [0.05, 0.1) is 6.61 Å². The van der Waals surface area contributed by atoms with Gasteiger partial charge in [-0.2, -0.15) is 0 Å². The summed E-state index contributed by atoms with van der Waals surface area (Å²) in [5, 5.41) is 10.3. The molecule has 2 N–H and O–H groups in total. The molecule has 0 unspecified atom stereocenters. The number of aliphatic carboxylic acids is 1. The fraction of sp³-hybridized carbons (Fsp3) is 0.889. The third kappa shape index (κ3) is 18.9. The van der Waals surface area contributed by atoms with Crippen LogP contribution in [0.1, 0.15) is 90.4 Å². The van der Waals surface area contributed by atoms with Gasteiger partial charge in [0.1, 0.15) is 6.04 Å². The zero-order valence-corrected chi connectivity index (χ0v) is 18.8. The van der Waals surface area contributed by atoms with E-state index < -0.39 is 24.4 Å². The van der Waals surface area contributed by atoms with Crippen molar-refractivity contribution in [1.82, 2.24) is 0 Å². The summed E-state index contributed by atoms with van der Waals surface area (Å²) in [5.74, 6) is -1.99. The molecule has 0 aromatic carbocycles. The SMILES string of the molecule is CCCCCCCCCCCCCCOC(=O)[C@@H](N)CC(=O)[O-].[K+]. The van der Waals surface area contributed by atoms with Crippen molar-refractivity contribution in [3.05, 3.63) is 0 Å². The molecule has 0 aliphatic rings. The Labute approximate surface area is 189 Å². The Morgan fingerprint density at radius 2 is 1.29 bits per heavy atom. The first-order chi connectivity index (χ1) is 11.1. The minimum atomic E-state index is -1.33. The van der Waals surface area contributed by atoms with Crippen LogP contribution in [0.5, 0.6) is 0 Å². The molecule has 1 atom stereocenters. The number of hydrogen-bond donors (Lipinski definition) is 1. The average Bonchev–Trinajstić information content (AvgIpc) is 2.51. The first kappa shape index (κ1) is 26.8. The summed E-state index contributed by atoms with van der Waals surface area (Å²) in [5.41, 5.74) is 5.37. The molecule has 0 bridgehead atoms. The first-order valence-electron chi connectivity index (χ1n) is 9.20. The molecule has 0 aromatic heterocycles. The van der Waals surface area contributed by atoms with Crippen LogP contribution in [0.15, 0.2) is 0 Å². The second-order valence-corrected chi connectivity index (χ2v) is 6.24. The summed E-state index contributed by atoms with van der Waals surface area (Å²) in [6.07, 6.45) is 14.5. The Kier molecular flexibility index (Phi) is 22.1. The molecule has 24 heavy (non-hydrogen) atoms. The molecule has 0 rings (SSSR count). The van der Waals surface area contributed by atoms with Crippen molar-refractivity contribution >= 4 is 11.9 Å². The molecule has 0 aliphatic heterocycles. The number of hydrogen-bond acceptors (Lipinski definition) is 5. The van der Waals surface area contributed by atoms with Crippen LogP contribution in [0.3, 0.4) is 0 Å². The van der Waals surface area contributed by atoms with E-state index in [0.717, 1.165) is 19.3 Å². The van der Waals surface area contributed by atoms with E-state index >= 15 is 0 Å². The van der Waals surface area contributed by atoms with Crippen molar-refractivity contribution < 1.29 is 70.8 Å². The van der Waals surface area contributed by atoms with Crippen LogP contribution in [-0.4, -0.2) is 24.6 Å². The number of ether oxygens (including phenoxy) is 1. The molecule has 5 nitrogen and oxygen atoms in total. The molecule has 0 amide bonds. The minimum absolute atomic E-state index is 0. The van der Waals surface area contributed by atoms with E-state index in [9.17, 15) is 14.7 Å². The summed E-state index contributed by atoms with van der Waals surface area (Å²) < 4.78 is 4.94. The second kappa shape index (κ2) is 19.9. The molecule has 0 radical (unpaired) electrons. The molecular formula is C18H34KNO4. The molecule has 0 heterocycles. The zero-order valence-electron chi connectivity index (χ0n) is 15.7. The molecule has 0 aliphatic carbocycles. The van der Waals surface area contributed by atoms with Gasteiger partial charge in [-0.15, -0.1) is 0 Å². The van der Waals surface area contributed by atoms with E-state index in [-0.39, 0.29) is 51.4 Å². The van der Waals surface area contributed by atoms with Crippen molar-refractivity contribution in [3.8, 4) is 0 Å². The van der Waals surface area contributed by atoms with E-state index in [1.165, 1.54) is 57.8 Å². The number of carboxylic acid groups (broad SMARTS) is 1. The van der Waals surface area contributed by atoms with Gasteiger partial charge in [-0.1, -0.05) is 77.6 Å². The van der Waals surface area contributed by atoms with E-state index in [2.05, 4.69) is 6.92 Å². The number of carbonyl (C=O) groups excluding carboxylic acids is 2. The van der Waals surface area contributed by atoms with E-state index in [1.54, 1.807) is 0 Å². The normalized spacial score (nSPS) is 11.6. The van der Waals surface area contributed by atoms with Crippen molar-refractivity contribution in [2.75, 3.05) is 6.61 Å². The topological polar surface area (TPSA) is 92.5 Å². The molecule has 6 heteroatoms. The molecule has 0 aromatic rings. The van der Waals surface area contributed by atoms with Crippen molar-refractivity contribution in [2.24, 2.45) is 5.73 Å². The van der Waals surface area contributed by atoms with Crippen molar-refractivity contribution in [1.29, 1.82) is 0 Å².